The number of carbonyl (C=O) groups is 2. The number of nitrogens with zero attached hydrogens (tertiary/aromatic N) is 1. The maximum absolute atomic E-state index is 13.0. The molecule has 190 valence electrons. The third kappa shape index (κ3) is 4.20. The van der Waals surface area contributed by atoms with Crippen LogP contribution >= 0.6 is 0 Å². The molecular weight excluding hydrogens is 489 g/mol. The summed E-state index contributed by atoms with van der Waals surface area (Å²) in [6.07, 6.45) is -1.44. The molecule has 3 aliphatic rings. The Morgan fingerprint density at radius 3 is 2.78 bits per heavy atom. The molecule has 0 radical (unpaired) electrons. The van der Waals surface area contributed by atoms with E-state index in [9.17, 15) is 27.9 Å². The third-order valence-corrected chi connectivity index (χ3v) is 7.14. The lowest BCUT2D eigenvalue weighted by Gasteiger charge is -2.20. The Morgan fingerprint density at radius 1 is 1.16 bits per heavy atom. The standard InChI is InChI=1S/C26H21F3N4O4/c27-26(28,29)13-2-1-3-14(10-13)31-24(36)33-25-12-18(25)22(25)17-11-15(4-6-19(17)34)37-20-8-9-30-23-16(20)5-7-21(35)32-23/h1-4,6,8-11,18,22,34H,5,7,12H2,(H,30,32,35)(H2,31,33,36). The summed E-state index contributed by atoms with van der Waals surface area (Å²) in [6.45, 7) is 0. The first-order valence-corrected chi connectivity index (χ1v) is 11.7. The van der Waals surface area contributed by atoms with Gasteiger partial charge in [0.15, 0.2) is 0 Å². The molecule has 3 atom stereocenters. The Kier molecular flexibility index (Phi) is 5.08. The third-order valence-electron chi connectivity index (χ3n) is 7.14. The van der Waals surface area contributed by atoms with Gasteiger partial charge in [-0.3, -0.25) is 4.79 Å². The number of phenols is 1. The minimum atomic E-state index is -4.51. The number of phenolic OH excluding ortho intramolecular Hbond substituents is 1. The molecular formula is C26H21F3N4O4. The highest BCUT2D eigenvalue weighted by Crippen LogP contribution is 2.77. The van der Waals surface area contributed by atoms with Crippen molar-refractivity contribution >= 4 is 23.4 Å². The van der Waals surface area contributed by atoms with Crippen molar-refractivity contribution in [3.63, 3.8) is 0 Å². The highest BCUT2D eigenvalue weighted by molar-refractivity contribution is 5.93. The van der Waals surface area contributed by atoms with Crippen LogP contribution < -0.4 is 20.7 Å². The van der Waals surface area contributed by atoms with Gasteiger partial charge in [0.1, 0.15) is 23.1 Å². The smallest absolute Gasteiger partial charge is 0.416 e. The lowest BCUT2D eigenvalue weighted by molar-refractivity contribution is -0.137. The predicted octanol–water partition coefficient (Wildman–Crippen LogP) is 5.16. The van der Waals surface area contributed by atoms with Crippen LogP contribution in [0.15, 0.2) is 54.7 Å². The Hall–Kier alpha value is -4.28. The first-order chi connectivity index (χ1) is 17.6. The number of carbonyl (C=O) groups excluding carboxylic acids is 2. The molecule has 2 saturated carbocycles. The number of aromatic nitrogens is 1. The fraction of sp³-hybridized carbons (Fsp3) is 0.269. The molecule has 1 aromatic heterocycles. The van der Waals surface area contributed by atoms with Crippen LogP contribution in [0.2, 0.25) is 0 Å². The van der Waals surface area contributed by atoms with Gasteiger partial charge in [0.05, 0.1) is 11.1 Å². The number of urea groups is 1. The summed E-state index contributed by atoms with van der Waals surface area (Å²) in [5, 5.41) is 18.6. The van der Waals surface area contributed by atoms with Crippen molar-refractivity contribution in [1.82, 2.24) is 10.3 Å². The number of pyridine rings is 1. The van der Waals surface area contributed by atoms with Gasteiger partial charge < -0.3 is 25.8 Å². The summed E-state index contributed by atoms with van der Waals surface area (Å²) in [5.41, 5.74) is 0.0340. The summed E-state index contributed by atoms with van der Waals surface area (Å²) in [6, 6.07) is 10.4. The number of hydrogen-bond donors (Lipinski definition) is 4. The quantitative estimate of drug-likeness (QED) is 0.379. The zero-order chi connectivity index (χ0) is 25.9. The normalized spacial score (nSPS) is 23.3. The monoisotopic (exact) mass is 510 g/mol. The highest BCUT2D eigenvalue weighted by atomic mass is 19.4. The van der Waals surface area contributed by atoms with Crippen molar-refractivity contribution < 1.29 is 32.6 Å². The van der Waals surface area contributed by atoms with Gasteiger partial charge >= 0.3 is 12.2 Å². The van der Waals surface area contributed by atoms with Crippen LogP contribution in [0.1, 0.15) is 35.4 Å². The average Bonchev–Trinajstić information content (AvgIpc) is 3.70. The van der Waals surface area contributed by atoms with E-state index in [1.807, 2.05) is 0 Å². The fourth-order valence-corrected chi connectivity index (χ4v) is 5.10. The molecule has 4 N–H and O–H groups in total. The molecule has 3 unspecified atom stereocenters. The molecule has 6 rings (SSSR count). The molecule has 37 heavy (non-hydrogen) atoms. The van der Waals surface area contributed by atoms with Crippen LogP contribution in [0.4, 0.5) is 29.5 Å². The van der Waals surface area contributed by atoms with Gasteiger partial charge in [-0.25, -0.2) is 9.78 Å². The second kappa shape index (κ2) is 8.12. The lowest BCUT2D eigenvalue weighted by Crippen LogP contribution is -2.36. The number of aromatic hydroxyl groups is 1. The van der Waals surface area contributed by atoms with Crippen molar-refractivity contribution in [2.75, 3.05) is 10.6 Å². The van der Waals surface area contributed by atoms with Crippen molar-refractivity contribution in [1.29, 1.82) is 0 Å². The summed E-state index contributed by atoms with van der Waals surface area (Å²) in [4.78, 5) is 28.4. The van der Waals surface area contributed by atoms with E-state index in [1.165, 1.54) is 18.2 Å². The molecule has 0 saturated heterocycles. The molecule has 3 aromatic rings. The Balaban J connectivity index is 1.15. The van der Waals surface area contributed by atoms with Gasteiger partial charge in [-0.05, 0) is 61.2 Å². The van der Waals surface area contributed by atoms with E-state index in [2.05, 4.69) is 20.9 Å². The van der Waals surface area contributed by atoms with Gasteiger partial charge in [-0.1, -0.05) is 6.07 Å². The number of nitrogens with one attached hydrogen (secondary N) is 3. The zero-order valence-electron chi connectivity index (χ0n) is 19.2. The van der Waals surface area contributed by atoms with E-state index in [0.717, 1.165) is 17.7 Å². The van der Waals surface area contributed by atoms with Crippen LogP contribution in [0, 0.1) is 5.92 Å². The predicted molar refractivity (Wildman–Crippen MR) is 127 cm³/mol. The minimum Gasteiger partial charge on any atom is -0.508 e. The number of halogens is 3. The Labute approximate surface area is 208 Å². The van der Waals surface area contributed by atoms with Gasteiger partial charge in [-0.15, -0.1) is 0 Å². The van der Waals surface area contributed by atoms with E-state index >= 15 is 0 Å². The first-order valence-electron chi connectivity index (χ1n) is 11.7. The number of alkyl halides is 3. The van der Waals surface area contributed by atoms with Crippen LogP contribution in [0.5, 0.6) is 17.2 Å². The average molecular weight is 510 g/mol. The maximum atomic E-state index is 13.0. The van der Waals surface area contributed by atoms with E-state index in [-0.39, 0.29) is 29.2 Å². The molecule has 1 aliphatic heterocycles. The highest BCUT2D eigenvalue weighted by Gasteiger charge is 2.80. The van der Waals surface area contributed by atoms with Gasteiger partial charge in [-0.2, -0.15) is 13.2 Å². The van der Waals surface area contributed by atoms with E-state index in [0.29, 0.717) is 42.1 Å². The topological polar surface area (TPSA) is 113 Å². The summed E-state index contributed by atoms with van der Waals surface area (Å²) < 4.78 is 44.9. The maximum Gasteiger partial charge on any atom is 0.416 e. The van der Waals surface area contributed by atoms with Crippen molar-refractivity contribution in [3.05, 3.63) is 71.4 Å². The number of rotatable bonds is 5. The van der Waals surface area contributed by atoms with Crippen LogP contribution in [-0.4, -0.2) is 27.6 Å². The molecule has 2 heterocycles. The fourth-order valence-electron chi connectivity index (χ4n) is 5.10. The number of hydrogen-bond acceptors (Lipinski definition) is 5. The van der Waals surface area contributed by atoms with Gasteiger partial charge in [0.2, 0.25) is 5.91 Å². The van der Waals surface area contributed by atoms with E-state index < -0.39 is 23.3 Å². The molecule has 0 spiro atoms. The van der Waals surface area contributed by atoms with Crippen molar-refractivity contribution in [2.45, 2.75) is 36.9 Å². The van der Waals surface area contributed by atoms with Crippen LogP contribution in [-0.2, 0) is 17.4 Å². The Bertz CT molecular complexity index is 1440. The van der Waals surface area contributed by atoms with Gasteiger partial charge in [0, 0.05) is 35.3 Å². The number of anilines is 2. The molecule has 2 fully saturated rings. The summed E-state index contributed by atoms with van der Waals surface area (Å²) in [5.74, 6) is 1.42. The van der Waals surface area contributed by atoms with Gasteiger partial charge in [0.25, 0.3) is 0 Å². The molecule has 0 bridgehead atoms. The van der Waals surface area contributed by atoms with E-state index in [4.69, 9.17) is 4.74 Å². The van der Waals surface area contributed by atoms with Crippen molar-refractivity contribution in [2.24, 2.45) is 5.92 Å². The van der Waals surface area contributed by atoms with Crippen molar-refractivity contribution in [3.8, 4) is 17.2 Å². The molecule has 3 amide bonds. The number of amides is 3. The molecule has 2 aromatic carbocycles. The van der Waals surface area contributed by atoms with Crippen LogP contribution in [0.25, 0.3) is 0 Å². The zero-order valence-corrected chi connectivity index (χ0v) is 19.2. The first kappa shape index (κ1) is 23.1. The second-order valence-electron chi connectivity index (χ2n) is 9.49. The number of ether oxygens (including phenoxy) is 1. The Morgan fingerprint density at radius 2 is 2.00 bits per heavy atom. The summed E-state index contributed by atoms with van der Waals surface area (Å²) >= 11 is 0. The number of fused-ring (bicyclic) bond motifs is 2. The van der Waals surface area contributed by atoms with Crippen LogP contribution in [0.3, 0.4) is 0 Å². The molecule has 11 heteroatoms. The SMILES string of the molecule is O=C1CCc2c(Oc3ccc(O)c(C4C5CC54NC(=O)Nc4cccc(C(F)(F)F)c4)c3)ccnc2N1. The lowest BCUT2D eigenvalue weighted by atomic mass is 9.99. The summed E-state index contributed by atoms with van der Waals surface area (Å²) in [7, 11) is 0. The van der Waals surface area contributed by atoms with E-state index in [1.54, 1.807) is 24.4 Å². The number of benzene rings is 2. The molecule has 8 nitrogen and oxygen atoms in total. The molecule has 2 aliphatic carbocycles. The largest absolute Gasteiger partial charge is 0.508 e. The minimum absolute atomic E-state index is 0.0354. The second-order valence-corrected chi connectivity index (χ2v) is 9.49.